The van der Waals surface area contributed by atoms with Crippen LogP contribution in [0.3, 0.4) is 0 Å². The van der Waals surface area contributed by atoms with Crippen LogP contribution in [0.2, 0.25) is 0 Å². The Morgan fingerprint density at radius 1 is 1.03 bits per heavy atom. The van der Waals surface area contributed by atoms with Crippen molar-refractivity contribution in [3.8, 4) is 23.0 Å². The minimum absolute atomic E-state index is 0.00677. The van der Waals surface area contributed by atoms with Crippen LogP contribution >= 0.6 is 0 Å². The van der Waals surface area contributed by atoms with Crippen LogP contribution in [0.1, 0.15) is 24.1 Å². The largest absolute Gasteiger partial charge is 0.421 e. The maximum Gasteiger partial charge on any atom is 0.324 e. The molecule has 2 heterocycles. The van der Waals surface area contributed by atoms with E-state index < -0.39 is 5.82 Å². The second-order valence-electron chi connectivity index (χ2n) is 7.55. The van der Waals surface area contributed by atoms with Gasteiger partial charge in [0.05, 0.1) is 5.69 Å². The van der Waals surface area contributed by atoms with Crippen molar-refractivity contribution < 1.29 is 9.13 Å². The highest BCUT2D eigenvalue weighted by atomic mass is 19.1. The number of hydrogen-bond donors (Lipinski definition) is 1. The molecule has 32 heavy (non-hydrogen) atoms. The Hall–Kier alpha value is -4.00. The van der Waals surface area contributed by atoms with Crippen LogP contribution in [0.5, 0.6) is 11.8 Å². The quantitative estimate of drug-likeness (QED) is 0.452. The molecule has 0 aliphatic heterocycles. The first-order valence-corrected chi connectivity index (χ1v) is 10.2. The predicted octanol–water partition coefficient (Wildman–Crippen LogP) is 5.26. The van der Waals surface area contributed by atoms with Gasteiger partial charge in [-0.2, -0.15) is 9.97 Å². The number of aromatic nitrogens is 3. The van der Waals surface area contributed by atoms with E-state index >= 15 is 0 Å². The first-order chi connectivity index (χ1) is 15.4. The Morgan fingerprint density at radius 2 is 1.81 bits per heavy atom. The van der Waals surface area contributed by atoms with Crippen LogP contribution in [0.4, 0.5) is 10.2 Å². The molecule has 2 aromatic heterocycles. The van der Waals surface area contributed by atoms with E-state index in [0.717, 1.165) is 5.56 Å². The number of benzene rings is 2. The maximum absolute atomic E-state index is 14.4. The van der Waals surface area contributed by atoms with Crippen LogP contribution in [0, 0.1) is 12.7 Å². The van der Waals surface area contributed by atoms with Crippen molar-refractivity contribution >= 4 is 5.82 Å². The standard InChI is InChI=1S/C25H23FN4O2/c1-16-8-7-11-20(26)24(16)32-25-28-21(19-12-13-23(31)30(3)15-19)14-22(29-25)27-17(2)18-9-5-4-6-10-18/h4-15,17H,1-3H3,(H,27,28,29)/t17-/m1/s1. The van der Waals surface area contributed by atoms with Crippen LogP contribution < -0.4 is 15.6 Å². The Kier molecular flexibility index (Phi) is 5.98. The van der Waals surface area contributed by atoms with Gasteiger partial charge in [0.25, 0.3) is 0 Å². The van der Waals surface area contributed by atoms with E-state index in [1.54, 1.807) is 44.4 Å². The molecule has 0 saturated heterocycles. The molecule has 6 nitrogen and oxygen atoms in total. The molecule has 0 unspecified atom stereocenters. The van der Waals surface area contributed by atoms with Crippen molar-refractivity contribution in [3.63, 3.8) is 0 Å². The molecule has 7 heteroatoms. The van der Waals surface area contributed by atoms with E-state index in [9.17, 15) is 9.18 Å². The van der Waals surface area contributed by atoms with Gasteiger partial charge in [-0.25, -0.2) is 4.39 Å². The van der Waals surface area contributed by atoms with Gasteiger partial charge in [0.1, 0.15) is 5.82 Å². The molecular formula is C25H23FN4O2. The van der Waals surface area contributed by atoms with E-state index in [0.29, 0.717) is 22.6 Å². The molecule has 1 N–H and O–H groups in total. The lowest BCUT2D eigenvalue weighted by atomic mass is 10.1. The lowest BCUT2D eigenvalue weighted by Gasteiger charge is -2.17. The van der Waals surface area contributed by atoms with Gasteiger partial charge in [0.15, 0.2) is 11.6 Å². The van der Waals surface area contributed by atoms with Crippen molar-refractivity contribution in [1.82, 2.24) is 14.5 Å². The summed E-state index contributed by atoms with van der Waals surface area (Å²) in [6, 6.07) is 19.6. The number of anilines is 1. The molecule has 162 valence electrons. The molecule has 0 radical (unpaired) electrons. The number of rotatable bonds is 6. The molecule has 1 atom stereocenters. The van der Waals surface area contributed by atoms with Crippen LogP contribution in [-0.2, 0) is 7.05 Å². The first-order valence-electron chi connectivity index (χ1n) is 10.2. The SMILES string of the molecule is Cc1cccc(F)c1Oc1nc(N[C@H](C)c2ccccc2)cc(-c2ccc(=O)n(C)c2)n1. The molecule has 4 aromatic rings. The minimum Gasteiger partial charge on any atom is -0.421 e. The number of ether oxygens (including phenoxy) is 1. The molecule has 0 bridgehead atoms. The van der Waals surface area contributed by atoms with Gasteiger partial charge >= 0.3 is 6.01 Å². The summed E-state index contributed by atoms with van der Waals surface area (Å²) in [6.45, 7) is 3.77. The van der Waals surface area contributed by atoms with Crippen LogP contribution in [0.25, 0.3) is 11.3 Å². The fourth-order valence-electron chi connectivity index (χ4n) is 3.32. The highest BCUT2D eigenvalue weighted by Gasteiger charge is 2.15. The fraction of sp³-hybridized carbons (Fsp3) is 0.160. The number of nitrogens with one attached hydrogen (secondary N) is 1. The van der Waals surface area contributed by atoms with Crippen molar-refractivity contribution in [3.05, 3.63) is 100 Å². The zero-order valence-electron chi connectivity index (χ0n) is 18.0. The Balaban J connectivity index is 1.75. The number of hydrogen-bond acceptors (Lipinski definition) is 5. The molecule has 0 aliphatic rings. The summed E-state index contributed by atoms with van der Waals surface area (Å²) < 4.78 is 21.6. The second-order valence-corrected chi connectivity index (χ2v) is 7.55. The fourth-order valence-corrected chi connectivity index (χ4v) is 3.32. The van der Waals surface area contributed by atoms with Crippen molar-refractivity contribution in [2.75, 3.05) is 5.32 Å². The Bertz CT molecular complexity index is 1280. The first kappa shape index (κ1) is 21.2. The van der Waals surface area contributed by atoms with E-state index in [4.69, 9.17) is 4.74 Å². The smallest absolute Gasteiger partial charge is 0.324 e. The van der Waals surface area contributed by atoms with Crippen molar-refractivity contribution in [2.45, 2.75) is 19.9 Å². The number of nitrogens with zero attached hydrogens (tertiary/aromatic N) is 3. The average Bonchev–Trinajstić information content (AvgIpc) is 2.78. The maximum atomic E-state index is 14.4. The predicted molar refractivity (Wildman–Crippen MR) is 122 cm³/mol. The molecule has 2 aromatic carbocycles. The number of aryl methyl sites for hydroxylation is 2. The van der Waals surface area contributed by atoms with Gasteiger partial charge in [-0.3, -0.25) is 4.79 Å². The summed E-state index contributed by atoms with van der Waals surface area (Å²) >= 11 is 0. The molecular weight excluding hydrogens is 407 g/mol. The number of pyridine rings is 1. The van der Waals surface area contributed by atoms with Gasteiger partial charge in [0, 0.05) is 37.0 Å². The highest BCUT2D eigenvalue weighted by Crippen LogP contribution is 2.30. The molecule has 0 saturated carbocycles. The number of halogens is 1. The monoisotopic (exact) mass is 430 g/mol. The lowest BCUT2D eigenvalue weighted by Crippen LogP contribution is -2.14. The van der Waals surface area contributed by atoms with Gasteiger partial charge in [-0.05, 0) is 37.1 Å². The van der Waals surface area contributed by atoms with E-state index in [-0.39, 0.29) is 23.4 Å². The normalized spacial score (nSPS) is 11.8. The van der Waals surface area contributed by atoms with E-state index in [2.05, 4.69) is 15.3 Å². The van der Waals surface area contributed by atoms with E-state index in [1.165, 1.54) is 16.7 Å². The summed E-state index contributed by atoms with van der Waals surface area (Å²) in [5, 5.41) is 3.36. The van der Waals surface area contributed by atoms with E-state index in [1.807, 2.05) is 37.3 Å². The summed E-state index contributed by atoms with van der Waals surface area (Å²) in [5.41, 5.74) is 2.84. The van der Waals surface area contributed by atoms with Gasteiger partial charge in [-0.15, -0.1) is 0 Å². The topological polar surface area (TPSA) is 69.0 Å². The zero-order valence-corrected chi connectivity index (χ0v) is 18.0. The lowest BCUT2D eigenvalue weighted by molar-refractivity contribution is 0.409. The van der Waals surface area contributed by atoms with Crippen LogP contribution in [-0.4, -0.2) is 14.5 Å². The third-order valence-electron chi connectivity index (χ3n) is 5.11. The summed E-state index contributed by atoms with van der Waals surface area (Å²) in [5.74, 6) is 0.102. The average molecular weight is 430 g/mol. The molecule has 4 rings (SSSR count). The third kappa shape index (κ3) is 4.67. The van der Waals surface area contributed by atoms with Gasteiger partial charge in [-0.1, -0.05) is 42.5 Å². The number of para-hydroxylation sites is 1. The van der Waals surface area contributed by atoms with Crippen molar-refractivity contribution in [2.24, 2.45) is 7.05 Å². The van der Waals surface area contributed by atoms with Crippen molar-refractivity contribution in [1.29, 1.82) is 0 Å². The highest BCUT2D eigenvalue weighted by molar-refractivity contribution is 5.62. The second kappa shape index (κ2) is 9.01. The molecule has 0 amide bonds. The summed E-state index contributed by atoms with van der Waals surface area (Å²) in [6.07, 6.45) is 1.69. The van der Waals surface area contributed by atoms with Gasteiger partial charge in [0.2, 0.25) is 5.56 Å². The van der Waals surface area contributed by atoms with Crippen LogP contribution in [0.15, 0.2) is 77.7 Å². The zero-order chi connectivity index (χ0) is 22.7. The summed E-state index contributed by atoms with van der Waals surface area (Å²) in [4.78, 5) is 20.7. The Labute approximate surface area is 185 Å². The molecule has 0 fully saturated rings. The molecule has 0 aliphatic carbocycles. The molecule has 0 spiro atoms. The van der Waals surface area contributed by atoms with Gasteiger partial charge < -0.3 is 14.6 Å². The minimum atomic E-state index is -0.492. The Morgan fingerprint density at radius 3 is 2.53 bits per heavy atom. The third-order valence-corrected chi connectivity index (χ3v) is 5.11. The summed E-state index contributed by atoms with van der Waals surface area (Å²) in [7, 11) is 1.67.